The molecular formula is C14H28N2O2. The van der Waals surface area contributed by atoms with Crippen LogP contribution in [-0.2, 0) is 9.47 Å². The van der Waals surface area contributed by atoms with Crippen molar-refractivity contribution < 1.29 is 9.47 Å². The Bertz CT molecular complexity index is 275. The molecule has 2 rings (SSSR count). The minimum atomic E-state index is -0.240. The van der Waals surface area contributed by atoms with E-state index in [9.17, 15) is 0 Å². The topological polar surface area (TPSA) is 56.5 Å². The molecule has 0 aromatic carbocycles. The monoisotopic (exact) mass is 256 g/mol. The molecule has 18 heavy (non-hydrogen) atoms. The molecule has 4 nitrogen and oxygen atoms in total. The summed E-state index contributed by atoms with van der Waals surface area (Å²) in [5.41, 5.74) is 2.89. The van der Waals surface area contributed by atoms with Crippen LogP contribution >= 0.6 is 0 Å². The Kier molecular flexibility index (Phi) is 4.32. The van der Waals surface area contributed by atoms with E-state index in [1.54, 1.807) is 7.11 Å². The maximum atomic E-state index is 6.09. The molecule has 1 saturated heterocycles. The third-order valence-electron chi connectivity index (χ3n) is 4.97. The summed E-state index contributed by atoms with van der Waals surface area (Å²) in [6.07, 6.45) is 7.24. The van der Waals surface area contributed by atoms with Gasteiger partial charge >= 0.3 is 0 Å². The standard InChI is InChI=1S/C14H28N2O2/c1-13(2,17-3)12(16-15)11-6-9-18-14(10-11)7-4-5-8-14/h11-12,16H,4-10,15H2,1-3H3. The van der Waals surface area contributed by atoms with Crippen LogP contribution in [0.1, 0.15) is 52.4 Å². The van der Waals surface area contributed by atoms with Crippen LogP contribution in [0, 0.1) is 5.92 Å². The molecule has 0 bridgehead atoms. The highest BCUT2D eigenvalue weighted by Crippen LogP contribution is 2.44. The van der Waals surface area contributed by atoms with Gasteiger partial charge in [-0.25, -0.2) is 0 Å². The highest BCUT2D eigenvalue weighted by molar-refractivity contribution is 4.98. The van der Waals surface area contributed by atoms with Crippen LogP contribution < -0.4 is 11.3 Å². The van der Waals surface area contributed by atoms with Crippen LogP contribution in [0.2, 0.25) is 0 Å². The minimum Gasteiger partial charge on any atom is -0.377 e. The van der Waals surface area contributed by atoms with Gasteiger partial charge in [0.1, 0.15) is 0 Å². The zero-order valence-corrected chi connectivity index (χ0v) is 12.0. The van der Waals surface area contributed by atoms with E-state index < -0.39 is 0 Å². The first-order valence-electron chi connectivity index (χ1n) is 7.18. The lowest BCUT2D eigenvalue weighted by atomic mass is 9.76. The normalized spacial score (nSPS) is 29.7. The van der Waals surface area contributed by atoms with Crippen LogP contribution in [-0.4, -0.2) is 31.0 Å². The van der Waals surface area contributed by atoms with Crippen molar-refractivity contribution in [1.29, 1.82) is 0 Å². The number of hydrazine groups is 1. The van der Waals surface area contributed by atoms with Gasteiger partial charge in [-0.3, -0.25) is 11.3 Å². The molecule has 2 unspecified atom stereocenters. The molecule has 1 heterocycles. The number of nitrogens with two attached hydrogens (primary N) is 1. The summed E-state index contributed by atoms with van der Waals surface area (Å²) in [5, 5.41) is 0. The van der Waals surface area contributed by atoms with E-state index in [1.807, 2.05) is 0 Å². The maximum absolute atomic E-state index is 6.09. The molecule has 0 aromatic heterocycles. The fraction of sp³-hybridized carbons (Fsp3) is 1.00. The second-order valence-corrected chi connectivity index (χ2v) is 6.44. The lowest BCUT2D eigenvalue weighted by molar-refractivity contribution is -0.117. The molecular weight excluding hydrogens is 228 g/mol. The highest BCUT2D eigenvalue weighted by Gasteiger charge is 2.45. The van der Waals surface area contributed by atoms with Gasteiger partial charge < -0.3 is 9.47 Å². The molecule has 1 aliphatic carbocycles. The minimum absolute atomic E-state index is 0.141. The molecule has 1 spiro atoms. The molecule has 106 valence electrons. The lowest BCUT2D eigenvalue weighted by Crippen LogP contribution is -2.57. The third-order valence-corrected chi connectivity index (χ3v) is 4.97. The van der Waals surface area contributed by atoms with E-state index >= 15 is 0 Å². The van der Waals surface area contributed by atoms with Crippen molar-refractivity contribution in [1.82, 2.24) is 5.43 Å². The predicted molar refractivity (Wildman–Crippen MR) is 72.1 cm³/mol. The van der Waals surface area contributed by atoms with Crippen LogP contribution in [0.15, 0.2) is 0 Å². The summed E-state index contributed by atoms with van der Waals surface area (Å²) in [7, 11) is 1.76. The van der Waals surface area contributed by atoms with E-state index in [4.69, 9.17) is 15.3 Å². The van der Waals surface area contributed by atoms with E-state index in [-0.39, 0.29) is 17.2 Å². The zero-order valence-electron chi connectivity index (χ0n) is 12.0. The van der Waals surface area contributed by atoms with Gasteiger partial charge in [0.25, 0.3) is 0 Å². The Morgan fingerprint density at radius 1 is 1.39 bits per heavy atom. The molecule has 2 atom stereocenters. The molecule has 0 amide bonds. The van der Waals surface area contributed by atoms with E-state index in [0.29, 0.717) is 5.92 Å². The van der Waals surface area contributed by atoms with Gasteiger partial charge in [0.2, 0.25) is 0 Å². The summed E-state index contributed by atoms with van der Waals surface area (Å²) >= 11 is 0. The fourth-order valence-electron chi connectivity index (χ4n) is 3.75. The maximum Gasteiger partial charge on any atom is 0.0791 e. The second kappa shape index (κ2) is 5.45. The van der Waals surface area contributed by atoms with Crippen molar-refractivity contribution in [2.24, 2.45) is 11.8 Å². The first-order valence-corrected chi connectivity index (χ1v) is 7.18. The zero-order chi connectivity index (χ0) is 13.2. The van der Waals surface area contributed by atoms with Gasteiger partial charge in [0.15, 0.2) is 0 Å². The number of ether oxygens (including phenoxy) is 2. The van der Waals surface area contributed by atoms with E-state index in [1.165, 1.54) is 25.7 Å². The summed E-state index contributed by atoms with van der Waals surface area (Å²) in [6, 6.07) is 0.184. The van der Waals surface area contributed by atoms with E-state index in [2.05, 4.69) is 19.3 Å². The van der Waals surface area contributed by atoms with Crippen molar-refractivity contribution in [3.63, 3.8) is 0 Å². The number of hydrogen-bond donors (Lipinski definition) is 2. The number of nitrogens with one attached hydrogen (secondary N) is 1. The lowest BCUT2D eigenvalue weighted by Gasteiger charge is -2.45. The summed E-state index contributed by atoms with van der Waals surface area (Å²) in [6.45, 7) is 5.07. The largest absolute Gasteiger partial charge is 0.377 e. The predicted octanol–water partition coefficient (Wildman–Crippen LogP) is 1.98. The quantitative estimate of drug-likeness (QED) is 0.596. The first kappa shape index (κ1) is 14.3. The molecule has 2 aliphatic rings. The number of rotatable bonds is 4. The Morgan fingerprint density at radius 2 is 2.06 bits per heavy atom. The first-order chi connectivity index (χ1) is 8.53. The summed E-state index contributed by atoms with van der Waals surface area (Å²) in [5.74, 6) is 6.32. The van der Waals surface area contributed by atoms with Crippen LogP contribution in [0.25, 0.3) is 0 Å². The average Bonchev–Trinajstić information content (AvgIpc) is 2.78. The van der Waals surface area contributed by atoms with Gasteiger partial charge in [0, 0.05) is 13.7 Å². The molecule has 0 radical (unpaired) electrons. The Hall–Kier alpha value is -0.160. The molecule has 4 heteroatoms. The SMILES string of the molecule is COC(C)(C)C(NN)C1CCOC2(CCCC2)C1. The Morgan fingerprint density at radius 3 is 2.61 bits per heavy atom. The summed E-state index contributed by atoms with van der Waals surface area (Å²) in [4.78, 5) is 0. The van der Waals surface area contributed by atoms with Crippen molar-refractivity contribution >= 4 is 0 Å². The molecule has 1 saturated carbocycles. The Balaban J connectivity index is 2.07. The smallest absolute Gasteiger partial charge is 0.0791 e. The summed E-state index contributed by atoms with van der Waals surface area (Å²) < 4.78 is 11.7. The van der Waals surface area contributed by atoms with Crippen LogP contribution in [0.5, 0.6) is 0 Å². The van der Waals surface area contributed by atoms with Gasteiger partial charge in [-0.2, -0.15) is 0 Å². The third kappa shape index (κ3) is 2.72. The van der Waals surface area contributed by atoms with Crippen molar-refractivity contribution in [2.45, 2.75) is 69.6 Å². The molecule has 0 aromatic rings. The molecule has 1 aliphatic heterocycles. The molecule has 3 N–H and O–H groups in total. The van der Waals surface area contributed by atoms with Crippen LogP contribution in [0.4, 0.5) is 0 Å². The van der Waals surface area contributed by atoms with Crippen molar-refractivity contribution in [2.75, 3.05) is 13.7 Å². The van der Waals surface area contributed by atoms with Gasteiger partial charge in [0.05, 0.1) is 17.2 Å². The number of hydrogen-bond acceptors (Lipinski definition) is 4. The van der Waals surface area contributed by atoms with Crippen molar-refractivity contribution in [3.8, 4) is 0 Å². The van der Waals surface area contributed by atoms with E-state index in [0.717, 1.165) is 19.4 Å². The number of methoxy groups -OCH3 is 1. The average molecular weight is 256 g/mol. The van der Waals surface area contributed by atoms with Gasteiger partial charge in [-0.15, -0.1) is 0 Å². The van der Waals surface area contributed by atoms with Crippen molar-refractivity contribution in [3.05, 3.63) is 0 Å². The van der Waals surface area contributed by atoms with Gasteiger partial charge in [-0.05, 0) is 45.4 Å². The van der Waals surface area contributed by atoms with Crippen LogP contribution in [0.3, 0.4) is 0 Å². The second-order valence-electron chi connectivity index (χ2n) is 6.44. The fourth-order valence-corrected chi connectivity index (χ4v) is 3.75. The van der Waals surface area contributed by atoms with Gasteiger partial charge in [-0.1, -0.05) is 12.8 Å². The Labute approximate surface area is 111 Å². The molecule has 2 fully saturated rings. The highest BCUT2D eigenvalue weighted by atomic mass is 16.5.